The summed E-state index contributed by atoms with van der Waals surface area (Å²) in [6, 6.07) is 12.1. The highest BCUT2D eigenvalue weighted by Gasteiger charge is 2.30. The number of aryl methyl sites for hydroxylation is 1. The highest BCUT2D eigenvalue weighted by atomic mass is 35.5. The van der Waals surface area contributed by atoms with E-state index in [4.69, 9.17) is 21.1 Å². The largest absolute Gasteiger partial charge is 0.497 e. The van der Waals surface area contributed by atoms with Crippen LogP contribution in [-0.2, 0) is 32.4 Å². The van der Waals surface area contributed by atoms with Crippen LogP contribution in [0, 0.1) is 0 Å². The number of carbonyl (C=O) groups excluding carboxylic acids is 2. The maximum absolute atomic E-state index is 13.6. The van der Waals surface area contributed by atoms with E-state index in [9.17, 15) is 18.0 Å². The van der Waals surface area contributed by atoms with Crippen LogP contribution >= 0.6 is 22.9 Å². The number of carbonyl (C=O) groups is 2. The lowest BCUT2D eigenvalue weighted by molar-refractivity contribution is -0.114. The molecule has 1 amide bonds. The number of nitrogens with zero attached hydrogens (tertiary/aromatic N) is 1. The molecular formula is C26H27ClN2O6S2. The molecule has 196 valence electrons. The first-order chi connectivity index (χ1) is 17.7. The number of methoxy groups -OCH3 is 1. The van der Waals surface area contributed by atoms with Gasteiger partial charge in [-0.25, -0.2) is 13.2 Å². The molecule has 37 heavy (non-hydrogen) atoms. The molecule has 0 unspecified atom stereocenters. The molecule has 4 rings (SSSR count). The summed E-state index contributed by atoms with van der Waals surface area (Å²) in [4.78, 5) is 27.1. The zero-order valence-electron chi connectivity index (χ0n) is 20.5. The third-order valence-corrected chi connectivity index (χ3v) is 9.20. The van der Waals surface area contributed by atoms with Crippen molar-refractivity contribution in [2.45, 2.75) is 37.5 Å². The Labute approximate surface area is 225 Å². The Hall–Kier alpha value is -3.08. The van der Waals surface area contributed by atoms with Crippen LogP contribution in [0.2, 0.25) is 5.02 Å². The van der Waals surface area contributed by atoms with Crippen LogP contribution in [0.3, 0.4) is 0 Å². The molecule has 0 saturated carbocycles. The van der Waals surface area contributed by atoms with Gasteiger partial charge in [0.25, 0.3) is 10.0 Å². The van der Waals surface area contributed by atoms with Gasteiger partial charge in [0, 0.05) is 9.90 Å². The Morgan fingerprint density at radius 2 is 1.73 bits per heavy atom. The molecule has 0 atom stereocenters. The number of ether oxygens (including phenoxy) is 2. The highest BCUT2D eigenvalue weighted by Crippen LogP contribution is 2.39. The number of nitrogens with one attached hydrogen (secondary N) is 1. The molecule has 8 nitrogen and oxygen atoms in total. The van der Waals surface area contributed by atoms with E-state index in [0.717, 1.165) is 40.4 Å². The van der Waals surface area contributed by atoms with Gasteiger partial charge in [0.05, 0.1) is 29.9 Å². The van der Waals surface area contributed by atoms with Crippen molar-refractivity contribution in [2.75, 3.05) is 29.9 Å². The fourth-order valence-electron chi connectivity index (χ4n) is 4.17. The molecule has 0 saturated heterocycles. The van der Waals surface area contributed by atoms with Crippen LogP contribution in [-0.4, -0.2) is 40.6 Å². The monoisotopic (exact) mass is 562 g/mol. The predicted molar refractivity (Wildman–Crippen MR) is 145 cm³/mol. The first-order valence-corrected chi connectivity index (χ1v) is 14.4. The van der Waals surface area contributed by atoms with E-state index < -0.39 is 28.4 Å². The van der Waals surface area contributed by atoms with E-state index in [0.29, 0.717) is 21.3 Å². The minimum atomic E-state index is -4.13. The standard InChI is InChI=1S/C26H27ClN2O6S2/c1-3-35-26(31)24-21-6-4-5-7-22(21)36-25(24)28-23(30)16-29(18-10-8-17(27)9-11-18)37(32,33)20-14-12-19(34-2)13-15-20/h8-15H,3-7,16H2,1-2H3,(H,28,30). The summed E-state index contributed by atoms with van der Waals surface area (Å²) in [5, 5.41) is 3.60. The van der Waals surface area contributed by atoms with E-state index in [-0.39, 0.29) is 17.2 Å². The summed E-state index contributed by atoms with van der Waals surface area (Å²) in [7, 11) is -2.64. The molecule has 1 aromatic heterocycles. The molecule has 0 radical (unpaired) electrons. The lowest BCUT2D eigenvalue weighted by Crippen LogP contribution is -2.38. The third-order valence-electron chi connectivity index (χ3n) is 5.95. The van der Waals surface area contributed by atoms with Crippen LogP contribution in [0.25, 0.3) is 0 Å². The van der Waals surface area contributed by atoms with Gasteiger partial charge >= 0.3 is 5.97 Å². The molecule has 0 aliphatic heterocycles. The Bertz CT molecular complexity index is 1390. The van der Waals surface area contributed by atoms with E-state index in [2.05, 4.69) is 5.32 Å². The second-order valence-electron chi connectivity index (χ2n) is 8.35. The topological polar surface area (TPSA) is 102 Å². The first-order valence-electron chi connectivity index (χ1n) is 11.8. The number of thiophene rings is 1. The number of esters is 1. The molecule has 0 spiro atoms. The van der Waals surface area contributed by atoms with Gasteiger partial charge in [-0.1, -0.05) is 11.6 Å². The zero-order valence-corrected chi connectivity index (χ0v) is 22.8. The van der Waals surface area contributed by atoms with E-state index in [1.807, 2.05) is 0 Å². The van der Waals surface area contributed by atoms with E-state index in [1.165, 1.54) is 54.8 Å². The number of halogens is 1. The van der Waals surface area contributed by atoms with Gasteiger partial charge in [-0.05, 0) is 86.7 Å². The molecule has 3 aromatic rings. The summed E-state index contributed by atoms with van der Waals surface area (Å²) >= 11 is 7.36. The van der Waals surface area contributed by atoms with Crippen molar-refractivity contribution < 1.29 is 27.5 Å². The molecule has 1 N–H and O–H groups in total. The van der Waals surface area contributed by atoms with Crippen molar-refractivity contribution in [3.63, 3.8) is 0 Å². The van der Waals surface area contributed by atoms with Crippen LogP contribution in [0.4, 0.5) is 10.7 Å². The van der Waals surface area contributed by atoms with E-state index in [1.54, 1.807) is 19.1 Å². The first kappa shape index (κ1) is 27.0. The minimum absolute atomic E-state index is 0.00477. The van der Waals surface area contributed by atoms with Crippen LogP contribution in [0.1, 0.15) is 40.6 Å². The summed E-state index contributed by atoms with van der Waals surface area (Å²) in [6.07, 6.45) is 3.52. The summed E-state index contributed by atoms with van der Waals surface area (Å²) in [5.74, 6) is -0.573. The highest BCUT2D eigenvalue weighted by molar-refractivity contribution is 7.92. The van der Waals surface area contributed by atoms with Gasteiger partial charge in [-0.3, -0.25) is 9.10 Å². The fourth-order valence-corrected chi connectivity index (χ4v) is 7.01. The lowest BCUT2D eigenvalue weighted by Gasteiger charge is -2.24. The lowest BCUT2D eigenvalue weighted by atomic mass is 9.95. The predicted octanol–water partition coefficient (Wildman–Crippen LogP) is 5.30. The molecule has 11 heteroatoms. The van der Waals surface area contributed by atoms with Gasteiger partial charge in [0.1, 0.15) is 17.3 Å². The normalized spacial score (nSPS) is 12.9. The molecular weight excluding hydrogens is 536 g/mol. The number of anilines is 2. The third kappa shape index (κ3) is 5.92. The van der Waals surface area contributed by atoms with Crippen molar-refractivity contribution in [2.24, 2.45) is 0 Å². The smallest absolute Gasteiger partial charge is 0.341 e. The minimum Gasteiger partial charge on any atom is -0.497 e. The number of sulfonamides is 1. The maximum Gasteiger partial charge on any atom is 0.341 e. The Morgan fingerprint density at radius 1 is 1.05 bits per heavy atom. The number of amides is 1. The number of benzene rings is 2. The van der Waals surface area contributed by atoms with Gasteiger partial charge in [-0.15, -0.1) is 11.3 Å². The van der Waals surface area contributed by atoms with Crippen molar-refractivity contribution in [3.05, 3.63) is 69.6 Å². The molecule has 2 aromatic carbocycles. The van der Waals surface area contributed by atoms with Gasteiger partial charge in [0.2, 0.25) is 5.91 Å². The molecule has 0 bridgehead atoms. The molecule has 1 aliphatic rings. The maximum atomic E-state index is 13.6. The zero-order chi connectivity index (χ0) is 26.6. The van der Waals surface area contributed by atoms with Gasteiger partial charge < -0.3 is 14.8 Å². The van der Waals surface area contributed by atoms with Gasteiger partial charge in [-0.2, -0.15) is 0 Å². The average Bonchev–Trinajstić information content (AvgIpc) is 3.25. The fraction of sp³-hybridized carbons (Fsp3) is 0.308. The number of hydrogen-bond donors (Lipinski definition) is 1. The number of rotatable bonds is 9. The van der Waals surface area contributed by atoms with Crippen molar-refractivity contribution in [3.8, 4) is 5.75 Å². The number of fused-ring (bicyclic) bond motifs is 1. The van der Waals surface area contributed by atoms with Crippen molar-refractivity contribution in [1.82, 2.24) is 0 Å². The SMILES string of the molecule is CCOC(=O)c1c(NC(=O)CN(c2ccc(Cl)cc2)S(=O)(=O)c2ccc(OC)cc2)sc2c1CCCC2. The van der Waals surface area contributed by atoms with E-state index >= 15 is 0 Å². The summed E-state index contributed by atoms with van der Waals surface area (Å²) in [6.45, 7) is 1.42. The Morgan fingerprint density at radius 3 is 2.38 bits per heavy atom. The van der Waals surface area contributed by atoms with Crippen LogP contribution < -0.4 is 14.4 Å². The summed E-state index contributed by atoms with van der Waals surface area (Å²) in [5.41, 5.74) is 1.54. The average molecular weight is 563 g/mol. The van der Waals surface area contributed by atoms with Crippen molar-refractivity contribution >= 4 is 55.5 Å². The molecule has 0 fully saturated rings. The van der Waals surface area contributed by atoms with Crippen LogP contribution in [0.15, 0.2) is 53.4 Å². The van der Waals surface area contributed by atoms with Gasteiger partial charge in [0.15, 0.2) is 0 Å². The second-order valence-corrected chi connectivity index (χ2v) is 11.8. The number of hydrogen-bond acceptors (Lipinski definition) is 7. The van der Waals surface area contributed by atoms with Crippen LogP contribution in [0.5, 0.6) is 5.75 Å². The Kier molecular flexibility index (Phi) is 8.41. The summed E-state index contributed by atoms with van der Waals surface area (Å²) < 4.78 is 38.6. The molecule has 1 heterocycles. The molecule has 1 aliphatic carbocycles. The Balaban J connectivity index is 1.66. The van der Waals surface area contributed by atoms with Crippen molar-refractivity contribution in [1.29, 1.82) is 0 Å². The second kappa shape index (κ2) is 11.5. The quantitative estimate of drug-likeness (QED) is 0.355.